The van der Waals surface area contributed by atoms with Crippen molar-refractivity contribution in [2.24, 2.45) is 22.2 Å². The highest BCUT2D eigenvalue weighted by molar-refractivity contribution is 5.81. The fraction of sp³-hybridized carbons (Fsp3) is 0.727. The van der Waals surface area contributed by atoms with Gasteiger partial charge in [-0.2, -0.15) is 0 Å². The molecule has 2 heterocycles. The Bertz CT molecular complexity index is 336. The highest BCUT2D eigenvalue weighted by Gasteiger charge is 2.27. The maximum absolute atomic E-state index is 6.18. The second kappa shape index (κ2) is 5.13. The van der Waals surface area contributed by atoms with Crippen LogP contribution in [0.1, 0.15) is 6.42 Å². The Hall–Kier alpha value is -1.31. The van der Waals surface area contributed by atoms with Crippen molar-refractivity contribution in [1.82, 2.24) is 15.1 Å². The van der Waals surface area contributed by atoms with Crippen LogP contribution in [0.3, 0.4) is 0 Å². The lowest BCUT2D eigenvalue weighted by atomic mass is 10.1. The van der Waals surface area contributed by atoms with Gasteiger partial charge in [0.25, 0.3) is 0 Å². The van der Waals surface area contributed by atoms with Gasteiger partial charge in [0, 0.05) is 39.1 Å². The van der Waals surface area contributed by atoms with Crippen molar-refractivity contribution in [2.75, 3.05) is 39.8 Å². The molecule has 0 saturated carbocycles. The molecule has 0 radical (unpaired) electrons. The zero-order valence-electron chi connectivity index (χ0n) is 10.9. The summed E-state index contributed by atoms with van der Waals surface area (Å²) in [5, 5.41) is 2.74. The summed E-state index contributed by atoms with van der Waals surface area (Å²) in [7, 11) is 2.14. The molecule has 7 heteroatoms. The van der Waals surface area contributed by atoms with E-state index in [-0.39, 0.29) is 5.96 Å². The maximum atomic E-state index is 6.18. The number of hydrogen-bond acceptors (Lipinski definition) is 7. The van der Waals surface area contributed by atoms with E-state index in [0.717, 1.165) is 39.1 Å². The summed E-state index contributed by atoms with van der Waals surface area (Å²) in [6.07, 6.45) is 2.46. The standard InChI is InChI=1S/C11H23N7/c1-17-4-6-18(7-5-17)3-2-11(14)8-9(12)15-10(13)16-11/h8H,2-7,12,14H2,1H3,(H3,13,15,16). The SMILES string of the molecule is CN1CCN(CCC2(N)C=C(N)NC(N)=N2)CC1. The predicted octanol–water partition coefficient (Wildman–Crippen LogP) is -2.00. The van der Waals surface area contributed by atoms with Crippen molar-refractivity contribution in [2.45, 2.75) is 12.1 Å². The van der Waals surface area contributed by atoms with Crippen molar-refractivity contribution in [3.8, 4) is 0 Å². The van der Waals surface area contributed by atoms with Crippen molar-refractivity contribution >= 4 is 5.96 Å². The van der Waals surface area contributed by atoms with Crippen molar-refractivity contribution in [1.29, 1.82) is 0 Å². The summed E-state index contributed by atoms with van der Waals surface area (Å²) >= 11 is 0. The summed E-state index contributed by atoms with van der Waals surface area (Å²) in [6.45, 7) is 5.25. The molecule has 2 aliphatic rings. The predicted molar refractivity (Wildman–Crippen MR) is 72.5 cm³/mol. The Morgan fingerprint density at radius 1 is 1.33 bits per heavy atom. The first-order valence-electron chi connectivity index (χ1n) is 6.27. The smallest absolute Gasteiger partial charge is 0.196 e. The molecule has 0 aromatic rings. The first kappa shape index (κ1) is 13.1. The summed E-state index contributed by atoms with van der Waals surface area (Å²) in [5.74, 6) is 0.763. The van der Waals surface area contributed by atoms with Gasteiger partial charge in [0.2, 0.25) is 0 Å². The molecule has 2 aliphatic heterocycles. The number of likely N-dealkylation sites (N-methyl/N-ethyl adjacent to an activating group) is 1. The number of rotatable bonds is 3. The second-order valence-electron chi connectivity index (χ2n) is 5.11. The molecule has 0 bridgehead atoms. The first-order chi connectivity index (χ1) is 8.47. The Morgan fingerprint density at radius 2 is 2.00 bits per heavy atom. The van der Waals surface area contributed by atoms with Crippen LogP contribution in [0.4, 0.5) is 0 Å². The first-order valence-corrected chi connectivity index (χ1v) is 6.27. The lowest BCUT2D eigenvalue weighted by Crippen LogP contribution is -2.51. The number of nitrogens with one attached hydrogen (secondary N) is 1. The van der Waals surface area contributed by atoms with Gasteiger partial charge in [-0.1, -0.05) is 0 Å². The Kier molecular flexibility index (Phi) is 3.74. The molecule has 18 heavy (non-hydrogen) atoms. The molecule has 1 atom stereocenters. The summed E-state index contributed by atoms with van der Waals surface area (Å²) in [5.41, 5.74) is 16.8. The van der Waals surface area contributed by atoms with Crippen LogP contribution in [0.25, 0.3) is 0 Å². The van der Waals surface area contributed by atoms with E-state index in [1.54, 1.807) is 6.08 Å². The molecule has 0 amide bonds. The van der Waals surface area contributed by atoms with E-state index in [4.69, 9.17) is 17.2 Å². The normalized spacial score (nSPS) is 30.6. The van der Waals surface area contributed by atoms with E-state index < -0.39 is 5.66 Å². The minimum absolute atomic E-state index is 0.288. The highest BCUT2D eigenvalue weighted by Crippen LogP contribution is 2.15. The quantitative estimate of drug-likeness (QED) is 0.463. The molecule has 7 nitrogen and oxygen atoms in total. The summed E-state index contributed by atoms with van der Waals surface area (Å²) < 4.78 is 0. The van der Waals surface area contributed by atoms with E-state index >= 15 is 0 Å². The fourth-order valence-electron chi connectivity index (χ4n) is 2.27. The Labute approximate surface area is 108 Å². The third-order valence-electron chi connectivity index (χ3n) is 3.43. The summed E-state index contributed by atoms with van der Waals surface area (Å²) in [4.78, 5) is 8.95. The van der Waals surface area contributed by atoms with Crippen molar-refractivity contribution in [3.05, 3.63) is 11.9 Å². The van der Waals surface area contributed by atoms with Crippen LogP contribution in [0.5, 0.6) is 0 Å². The number of nitrogens with two attached hydrogens (primary N) is 3. The number of guanidine groups is 1. The Balaban J connectivity index is 1.87. The monoisotopic (exact) mass is 253 g/mol. The third-order valence-corrected chi connectivity index (χ3v) is 3.43. The van der Waals surface area contributed by atoms with Crippen LogP contribution in [0.2, 0.25) is 0 Å². The molecule has 0 aromatic carbocycles. The minimum atomic E-state index is -0.775. The van der Waals surface area contributed by atoms with Gasteiger partial charge < -0.3 is 32.3 Å². The van der Waals surface area contributed by atoms with Crippen LogP contribution in [0, 0.1) is 0 Å². The van der Waals surface area contributed by atoms with E-state index in [1.807, 2.05) is 0 Å². The van der Waals surface area contributed by atoms with Crippen LogP contribution in [0.15, 0.2) is 16.9 Å². The molecular weight excluding hydrogens is 230 g/mol. The van der Waals surface area contributed by atoms with Crippen molar-refractivity contribution in [3.63, 3.8) is 0 Å². The second-order valence-corrected chi connectivity index (χ2v) is 5.11. The van der Waals surface area contributed by atoms with Gasteiger partial charge in [-0.05, 0) is 13.1 Å². The average molecular weight is 253 g/mol. The highest BCUT2D eigenvalue weighted by atomic mass is 15.3. The molecule has 2 rings (SSSR count). The molecule has 7 N–H and O–H groups in total. The average Bonchev–Trinajstić information content (AvgIpc) is 2.26. The molecule has 0 aliphatic carbocycles. The van der Waals surface area contributed by atoms with Gasteiger partial charge in [-0.3, -0.25) is 0 Å². The van der Waals surface area contributed by atoms with Crippen molar-refractivity contribution < 1.29 is 0 Å². The van der Waals surface area contributed by atoms with Gasteiger partial charge in [-0.15, -0.1) is 0 Å². The van der Waals surface area contributed by atoms with E-state index in [0.29, 0.717) is 5.82 Å². The largest absolute Gasteiger partial charge is 0.385 e. The molecule has 0 aromatic heterocycles. The summed E-state index contributed by atoms with van der Waals surface area (Å²) in [6, 6.07) is 0. The molecule has 1 unspecified atom stereocenters. The topological polar surface area (TPSA) is 109 Å². The van der Waals surface area contributed by atoms with E-state index in [2.05, 4.69) is 27.2 Å². The zero-order chi connectivity index (χ0) is 13.2. The van der Waals surface area contributed by atoms with Crippen LogP contribution < -0.4 is 22.5 Å². The number of hydrogen-bond donors (Lipinski definition) is 4. The third kappa shape index (κ3) is 3.34. The van der Waals surface area contributed by atoms with E-state index in [9.17, 15) is 0 Å². The minimum Gasteiger partial charge on any atom is -0.385 e. The fourth-order valence-corrected chi connectivity index (χ4v) is 2.27. The van der Waals surface area contributed by atoms with E-state index in [1.165, 1.54) is 0 Å². The number of nitrogens with zero attached hydrogens (tertiary/aromatic N) is 3. The molecule has 102 valence electrons. The molecular formula is C11H23N7. The molecule has 0 spiro atoms. The lowest BCUT2D eigenvalue weighted by molar-refractivity contribution is 0.147. The van der Waals surface area contributed by atoms with Gasteiger partial charge in [0.15, 0.2) is 5.96 Å². The Morgan fingerprint density at radius 3 is 2.61 bits per heavy atom. The molecule has 1 fully saturated rings. The van der Waals surface area contributed by atoms with Crippen LogP contribution in [-0.4, -0.2) is 61.2 Å². The van der Waals surface area contributed by atoms with Gasteiger partial charge >= 0.3 is 0 Å². The number of piperazine rings is 1. The lowest BCUT2D eigenvalue weighted by Gasteiger charge is -2.34. The maximum Gasteiger partial charge on any atom is 0.196 e. The number of aliphatic imine (C=N–C) groups is 1. The van der Waals surface area contributed by atoms with Crippen LogP contribution >= 0.6 is 0 Å². The zero-order valence-corrected chi connectivity index (χ0v) is 10.9. The van der Waals surface area contributed by atoms with Gasteiger partial charge in [0.05, 0.1) is 0 Å². The molecule has 1 saturated heterocycles. The van der Waals surface area contributed by atoms with Gasteiger partial charge in [0.1, 0.15) is 11.5 Å². The van der Waals surface area contributed by atoms with Crippen LogP contribution in [-0.2, 0) is 0 Å². The van der Waals surface area contributed by atoms with Gasteiger partial charge in [-0.25, -0.2) is 4.99 Å².